The van der Waals surface area contributed by atoms with E-state index in [0.29, 0.717) is 29.9 Å². The van der Waals surface area contributed by atoms with Gasteiger partial charge in [-0.2, -0.15) is 13.2 Å². The Hall–Kier alpha value is -3.88. The van der Waals surface area contributed by atoms with E-state index in [0.717, 1.165) is 54.5 Å². The summed E-state index contributed by atoms with van der Waals surface area (Å²) in [7, 11) is 0. The molecule has 2 aliphatic carbocycles. The van der Waals surface area contributed by atoms with Crippen LogP contribution in [-0.4, -0.2) is 24.0 Å². The maximum absolute atomic E-state index is 14.8. The van der Waals surface area contributed by atoms with Gasteiger partial charge in [-0.3, -0.25) is 9.59 Å². The van der Waals surface area contributed by atoms with Gasteiger partial charge in [0.05, 0.1) is 22.4 Å². The fourth-order valence-corrected chi connectivity index (χ4v) is 5.55. The van der Waals surface area contributed by atoms with Gasteiger partial charge in [0, 0.05) is 18.5 Å². The molecule has 2 fully saturated rings. The standard InChI is InChI=1S/C29H26F4N2O.CH2O2/c1-18-2-6-20(7-3-18)28(12-13-28)34-26(36)23-14-22(30)15-24-25(23)35(17-27(24)10-11-27)16-19-4-8-21(9-5-19)29(31,32)33;2-1-3/h2-9,14-15H,10-13,16-17H2,1H3,(H,34,36);1H,(H,2,3). The van der Waals surface area contributed by atoms with Gasteiger partial charge >= 0.3 is 6.18 Å². The fourth-order valence-electron chi connectivity index (χ4n) is 5.55. The lowest BCUT2D eigenvalue weighted by molar-refractivity contribution is -0.137. The minimum absolute atomic E-state index is 0.188. The zero-order valence-corrected chi connectivity index (χ0v) is 21.3. The molecule has 2 saturated carbocycles. The molecule has 3 aliphatic rings. The van der Waals surface area contributed by atoms with Crippen molar-refractivity contribution in [3.63, 3.8) is 0 Å². The third kappa shape index (κ3) is 5.22. The molecule has 6 rings (SSSR count). The first-order valence-corrected chi connectivity index (χ1v) is 12.7. The molecule has 0 aromatic heterocycles. The zero-order chi connectivity index (χ0) is 28.0. The van der Waals surface area contributed by atoms with Crippen LogP contribution in [-0.2, 0) is 28.5 Å². The number of nitrogens with zero attached hydrogens (tertiary/aromatic N) is 1. The molecule has 5 nitrogen and oxygen atoms in total. The molecule has 0 atom stereocenters. The molecule has 1 heterocycles. The van der Waals surface area contributed by atoms with Gasteiger partial charge in [0.15, 0.2) is 0 Å². The lowest BCUT2D eigenvalue weighted by Gasteiger charge is -2.24. The summed E-state index contributed by atoms with van der Waals surface area (Å²) in [6.45, 7) is 2.73. The van der Waals surface area contributed by atoms with E-state index in [1.807, 2.05) is 36.1 Å². The lowest BCUT2D eigenvalue weighted by atomic mass is 9.95. The van der Waals surface area contributed by atoms with Crippen molar-refractivity contribution in [2.45, 2.75) is 56.3 Å². The fraction of sp³-hybridized carbons (Fsp3) is 0.333. The van der Waals surface area contributed by atoms with Crippen molar-refractivity contribution in [1.29, 1.82) is 0 Å². The van der Waals surface area contributed by atoms with Crippen molar-refractivity contribution < 1.29 is 32.3 Å². The second-order valence-electron chi connectivity index (χ2n) is 10.7. The maximum atomic E-state index is 14.8. The van der Waals surface area contributed by atoms with Crippen molar-refractivity contribution in [3.05, 3.63) is 99.9 Å². The van der Waals surface area contributed by atoms with Gasteiger partial charge in [-0.15, -0.1) is 0 Å². The van der Waals surface area contributed by atoms with E-state index in [9.17, 15) is 22.4 Å². The molecule has 0 unspecified atom stereocenters. The molecule has 1 aliphatic heterocycles. The Morgan fingerprint density at radius 2 is 1.64 bits per heavy atom. The number of nitrogens with one attached hydrogen (secondary N) is 1. The van der Waals surface area contributed by atoms with Crippen LogP contribution in [0.2, 0.25) is 0 Å². The lowest BCUT2D eigenvalue weighted by Crippen LogP contribution is -2.36. The normalized spacial score (nSPS) is 17.6. The predicted octanol–water partition coefficient (Wildman–Crippen LogP) is 6.32. The average Bonchev–Trinajstić information content (AvgIpc) is 3.80. The Bertz CT molecular complexity index is 1390. The van der Waals surface area contributed by atoms with Gasteiger partial charge in [-0.1, -0.05) is 42.0 Å². The van der Waals surface area contributed by atoms with Gasteiger partial charge in [0.1, 0.15) is 5.82 Å². The highest BCUT2D eigenvalue weighted by Gasteiger charge is 2.53. The summed E-state index contributed by atoms with van der Waals surface area (Å²) in [6.07, 6.45) is -0.949. The summed E-state index contributed by atoms with van der Waals surface area (Å²) in [4.78, 5) is 24.0. The molecular weight excluding hydrogens is 512 g/mol. The number of rotatable bonds is 5. The summed E-state index contributed by atoms with van der Waals surface area (Å²) in [5, 5.41) is 10.1. The van der Waals surface area contributed by atoms with E-state index >= 15 is 0 Å². The molecule has 39 heavy (non-hydrogen) atoms. The molecule has 0 radical (unpaired) electrons. The number of benzene rings is 3. The first-order valence-electron chi connectivity index (χ1n) is 12.7. The number of halogens is 4. The molecule has 0 saturated heterocycles. The molecule has 9 heteroatoms. The third-order valence-electron chi connectivity index (χ3n) is 7.92. The minimum Gasteiger partial charge on any atom is -0.483 e. The summed E-state index contributed by atoms with van der Waals surface area (Å²) >= 11 is 0. The highest BCUT2D eigenvalue weighted by Crippen LogP contribution is 2.58. The maximum Gasteiger partial charge on any atom is 0.416 e. The third-order valence-corrected chi connectivity index (χ3v) is 7.92. The second-order valence-corrected chi connectivity index (χ2v) is 10.7. The molecular formula is C30H28F4N2O3. The van der Waals surface area contributed by atoms with E-state index in [1.165, 1.54) is 24.3 Å². The molecule has 1 amide bonds. The highest BCUT2D eigenvalue weighted by atomic mass is 19.4. The van der Waals surface area contributed by atoms with E-state index in [-0.39, 0.29) is 17.8 Å². The summed E-state index contributed by atoms with van der Waals surface area (Å²) in [5.41, 5.74) is 3.38. The van der Waals surface area contributed by atoms with Gasteiger partial charge in [0.25, 0.3) is 12.4 Å². The van der Waals surface area contributed by atoms with Crippen LogP contribution in [0.4, 0.5) is 23.2 Å². The zero-order valence-electron chi connectivity index (χ0n) is 21.3. The van der Waals surface area contributed by atoms with Gasteiger partial charge in [-0.05, 0) is 73.6 Å². The smallest absolute Gasteiger partial charge is 0.416 e. The van der Waals surface area contributed by atoms with Crippen molar-refractivity contribution in [2.24, 2.45) is 0 Å². The first-order chi connectivity index (χ1) is 18.5. The Labute approximate surface area is 223 Å². The van der Waals surface area contributed by atoms with Crippen LogP contribution in [0, 0.1) is 12.7 Å². The highest BCUT2D eigenvalue weighted by molar-refractivity contribution is 6.02. The predicted molar refractivity (Wildman–Crippen MR) is 138 cm³/mol. The Kier molecular flexibility index (Phi) is 6.64. The Morgan fingerprint density at radius 1 is 1.03 bits per heavy atom. The Balaban J connectivity index is 0.000000983. The van der Waals surface area contributed by atoms with Gasteiger partial charge in [-0.25, -0.2) is 4.39 Å². The number of carbonyl (C=O) groups is 2. The summed E-state index contributed by atoms with van der Waals surface area (Å²) in [5.74, 6) is -0.763. The van der Waals surface area contributed by atoms with E-state index in [2.05, 4.69) is 5.32 Å². The van der Waals surface area contributed by atoms with E-state index in [1.54, 1.807) is 0 Å². The van der Waals surface area contributed by atoms with E-state index in [4.69, 9.17) is 9.90 Å². The average molecular weight is 541 g/mol. The number of anilines is 1. The quantitative estimate of drug-likeness (QED) is 0.293. The molecule has 1 spiro atoms. The van der Waals surface area contributed by atoms with Crippen LogP contribution in [0.3, 0.4) is 0 Å². The van der Waals surface area contributed by atoms with Gasteiger partial charge in [0.2, 0.25) is 0 Å². The van der Waals surface area contributed by atoms with Crippen molar-refractivity contribution in [1.82, 2.24) is 5.32 Å². The summed E-state index contributed by atoms with van der Waals surface area (Å²) < 4.78 is 53.8. The van der Waals surface area contributed by atoms with E-state index < -0.39 is 23.1 Å². The van der Waals surface area contributed by atoms with Gasteiger partial charge < -0.3 is 15.3 Å². The second kappa shape index (κ2) is 9.70. The summed E-state index contributed by atoms with van der Waals surface area (Å²) in [6, 6.07) is 16.0. The number of hydrogen-bond acceptors (Lipinski definition) is 3. The van der Waals surface area contributed by atoms with Crippen LogP contribution in [0.15, 0.2) is 60.7 Å². The molecule has 3 aromatic rings. The van der Waals surface area contributed by atoms with Crippen LogP contribution >= 0.6 is 0 Å². The number of alkyl halides is 3. The van der Waals surface area contributed by atoms with Crippen LogP contribution in [0.5, 0.6) is 0 Å². The van der Waals surface area contributed by atoms with Crippen molar-refractivity contribution in [2.75, 3.05) is 11.4 Å². The molecule has 0 bridgehead atoms. The van der Waals surface area contributed by atoms with Crippen LogP contribution < -0.4 is 10.2 Å². The number of aryl methyl sites for hydroxylation is 1. The monoisotopic (exact) mass is 540 g/mol. The number of amides is 1. The first kappa shape index (κ1) is 26.7. The number of fused-ring (bicyclic) bond motifs is 2. The molecule has 2 N–H and O–H groups in total. The SMILES string of the molecule is Cc1ccc(C2(NC(=O)c3cc(F)cc4c3N(Cc3ccc(C(F)(F)F)cc3)CC43CC3)CC2)cc1.O=CO. The number of hydrogen-bond donors (Lipinski definition) is 2. The topological polar surface area (TPSA) is 69.6 Å². The molecule has 3 aromatic carbocycles. The largest absolute Gasteiger partial charge is 0.483 e. The number of carbonyl (C=O) groups excluding carboxylic acids is 1. The Morgan fingerprint density at radius 3 is 2.18 bits per heavy atom. The van der Waals surface area contributed by atoms with Crippen LogP contribution in [0.25, 0.3) is 0 Å². The number of carboxylic acid groups (broad SMARTS) is 1. The van der Waals surface area contributed by atoms with Crippen molar-refractivity contribution in [3.8, 4) is 0 Å². The van der Waals surface area contributed by atoms with Crippen molar-refractivity contribution >= 4 is 18.1 Å². The van der Waals surface area contributed by atoms with Crippen LogP contribution in [0.1, 0.15) is 63.9 Å². The molecule has 204 valence electrons. The minimum atomic E-state index is -4.39.